The second-order valence-corrected chi connectivity index (χ2v) is 4.50. The Hall–Kier alpha value is -2.21. The molecule has 1 amide bonds. The van der Waals surface area contributed by atoms with E-state index in [9.17, 15) is 9.59 Å². The van der Waals surface area contributed by atoms with Gasteiger partial charge in [0.05, 0.1) is 6.61 Å². The van der Waals surface area contributed by atoms with Gasteiger partial charge in [-0.1, -0.05) is 13.3 Å². The molecule has 0 unspecified atom stereocenters. The predicted octanol–water partition coefficient (Wildman–Crippen LogP) is 1.41. The van der Waals surface area contributed by atoms with E-state index in [1.54, 1.807) is 11.0 Å². The molecule has 0 bridgehead atoms. The third-order valence-corrected chi connectivity index (χ3v) is 2.93. The minimum absolute atomic E-state index is 0.110. The lowest BCUT2D eigenvalue weighted by Gasteiger charge is -2.22. The summed E-state index contributed by atoms with van der Waals surface area (Å²) in [7, 11) is 0. The molecule has 114 valence electrons. The Labute approximate surface area is 123 Å². The largest absolute Gasteiger partial charge is 0.478 e. The van der Waals surface area contributed by atoms with Crippen molar-refractivity contribution in [2.75, 3.05) is 19.7 Å². The van der Waals surface area contributed by atoms with Crippen molar-refractivity contribution in [3.63, 3.8) is 0 Å². The van der Waals surface area contributed by atoms with Crippen LogP contribution in [0.3, 0.4) is 0 Å². The fourth-order valence-electron chi connectivity index (χ4n) is 1.85. The Kier molecular flexibility index (Phi) is 7.11. The van der Waals surface area contributed by atoms with E-state index in [1.165, 1.54) is 18.5 Å². The standard InChI is InChI=1S/C15H20N2O4/c1-2-3-8-17(9-10-18)15(21)13-6-7-16-11-12(13)4-5-14(19)20/h4-7,11,18H,2-3,8-10H2,1H3,(H,19,20). The van der Waals surface area contributed by atoms with Crippen molar-refractivity contribution in [3.8, 4) is 0 Å². The Morgan fingerprint density at radius 1 is 1.38 bits per heavy atom. The summed E-state index contributed by atoms with van der Waals surface area (Å²) in [6, 6.07) is 1.56. The number of carbonyl (C=O) groups is 2. The monoisotopic (exact) mass is 292 g/mol. The number of hydrogen-bond acceptors (Lipinski definition) is 4. The maximum atomic E-state index is 12.5. The highest BCUT2D eigenvalue weighted by Crippen LogP contribution is 2.13. The lowest BCUT2D eigenvalue weighted by Crippen LogP contribution is -2.34. The molecule has 0 radical (unpaired) electrons. The van der Waals surface area contributed by atoms with Gasteiger partial charge in [0, 0.05) is 42.7 Å². The molecule has 0 fully saturated rings. The molecule has 2 N–H and O–H groups in total. The highest BCUT2D eigenvalue weighted by Gasteiger charge is 2.17. The summed E-state index contributed by atoms with van der Waals surface area (Å²) >= 11 is 0. The zero-order chi connectivity index (χ0) is 15.7. The van der Waals surface area contributed by atoms with Crippen molar-refractivity contribution in [2.45, 2.75) is 19.8 Å². The number of hydrogen-bond donors (Lipinski definition) is 2. The minimum atomic E-state index is -1.09. The molecule has 0 aromatic carbocycles. The van der Waals surface area contributed by atoms with Crippen molar-refractivity contribution < 1.29 is 19.8 Å². The smallest absolute Gasteiger partial charge is 0.328 e. The molecule has 0 spiro atoms. The van der Waals surface area contributed by atoms with Crippen LogP contribution in [0.1, 0.15) is 35.7 Å². The summed E-state index contributed by atoms with van der Waals surface area (Å²) in [4.78, 5) is 28.6. The first-order valence-corrected chi connectivity index (χ1v) is 6.85. The van der Waals surface area contributed by atoms with Crippen LogP contribution >= 0.6 is 0 Å². The van der Waals surface area contributed by atoms with Gasteiger partial charge >= 0.3 is 5.97 Å². The van der Waals surface area contributed by atoms with Crippen LogP contribution in [0.15, 0.2) is 24.5 Å². The third kappa shape index (κ3) is 5.35. The normalized spacial score (nSPS) is 10.8. The number of pyridine rings is 1. The summed E-state index contributed by atoms with van der Waals surface area (Å²) < 4.78 is 0. The number of nitrogens with zero attached hydrogens (tertiary/aromatic N) is 2. The molecule has 0 saturated heterocycles. The summed E-state index contributed by atoms with van der Waals surface area (Å²) in [5.41, 5.74) is 0.830. The van der Waals surface area contributed by atoms with Gasteiger partial charge in [-0.15, -0.1) is 0 Å². The fourth-order valence-corrected chi connectivity index (χ4v) is 1.85. The number of carbonyl (C=O) groups excluding carboxylic acids is 1. The van der Waals surface area contributed by atoms with E-state index < -0.39 is 5.97 Å². The van der Waals surface area contributed by atoms with Crippen LogP contribution in [0, 0.1) is 0 Å². The molecular weight excluding hydrogens is 272 g/mol. The van der Waals surface area contributed by atoms with E-state index in [0.29, 0.717) is 17.7 Å². The second kappa shape index (κ2) is 8.86. The van der Waals surface area contributed by atoms with E-state index in [0.717, 1.165) is 18.9 Å². The summed E-state index contributed by atoms with van der Waals surface area (Å²) in [6.45, 7) is 2.72. The Morgan fingerprint density at radius 3 is 2.76 bits per heavy atom. The van der Waals surface area contributed by atoms with Crippen molar-refractivity contribution in [3.05, 3.63) is 35.7 Å². The first kappa shape index (κ1) is 16.8. The maximum absolute atomic E-state index is 12.5. The van der Waals surface area contributed by atoms with E-state index in [1.807, 2.05) is 6.92 Å². The minimum Gasteiger partial charge on any atom is -0.478 e. The topological polar surface area (TPSA) is 90.7 Å². The maximum Gasteiger partial charge on any atom is 0.328 e. The van der Waals surface area contributed by atoms with E-state index >= 15 is 0 Å². The van der Waals surface area contributed by atoms with Crippen molar-refractivity contribution >= 4 is 18.0 Å². The number of carboxylic acid groups (broad SMARTS) is 1. The molecule has 0 aliphatic heterocycles. The van der Waals surface area contributed by atoms with Gasteiger partial charge in [-0.2, -0.15) is 0 Å². The fraction of sp³-hybridized carbons (Fsp3) is 0.400. The molecule has 6 heteroatoms. The van der Waals surface area contributed by atoms with Crippen LogP contribution in [0.4, 0.5) is 0 Å². The van der Waals surface area contributed by atoms with Crippen LogP contribution in [-0.4, -0.2) is 51.7 Å². The predicted molar refractivity (Wildman–Crippen MR) is 78.8 cm³/mol. The molecule has 0 atom stereocenters. The van der Waals surface area contributed by atoms with Gasteiger partial charge in [-0.3, -0.25) is 9.78 Å². The number of unbranched alkanes of at least 4 members (excludes halogenated alkanes) is 1. The highest BCUT2D eigenvalue weighted by atomic mass is 16.4. The zero-order valence-electron chi connectivity index (χ0n) is 12.0. The number of aliphatic hydroxyl groups excluding tert-OH is 1. The Bertz CT molecular complexity index is 514. The van der Waals surface area contributed by atoms with E-state index in [-0.39, 0.29) is 19.1 Å². The van der Waals surface area contributed by atoms with Gasteiger partial charge in [0.15, 0.2) is 0 Å². The zero-order valence-corrected chi connectivity index (χ0v) is 12.0. The second-order valence-electron chi connectivity index (χ2n) is 4.50. The number of carboxylic acids is 1. The van der Waals surface area contributed by atoms with Gasteiger partial charge in [-0.25, -0.2) is 4.79 Å². The third-order valence-electron chi connectivity index (χ3n) is 2.93. The number of rotatable bonds is 8. The highest BCUT2D eigenvalue weighted by molar-refractivity contribution is 5.98. The molecule has 1 rings (SSSR count). The molecule has 1 heterocycles. The quantitative estimate of drug-likeness (QED) is 0.707. The molecular formula is C15H20N2O4. The average molecular weight is 292 g/mol. The van der Waals surface area contributed by atoms with Crippen molar-refractivity contribution in [1.29, 1.82) is 0 Å². The van der Waals surface area contributed by atoms with Crippen LogP contribution in [0.2, 0.25) is 0 Å². The van der Waals surface area contributed by atoms with Gasteiger partial charge in [-0.05, 0) is 18.6 Å². The van der Waals surface area contributed by atoms with Crippen molar-refractivity contribution in [1.82, 2.24) is 9.88 Å². The van der Waals surface area contributed by atoms with Crippen LogP contribution in [0.5, 0.6) is 0 Å². The Balaban J connectivity index is 3.00. The Morgan fingerprint density at radius 2 is 2.14 bits per heavy atom. The van der Waals surface area contributed by atoms with E-state index in [2.05, 4.69) is 4.98 Å². The summed E-state index contributed by atoms with van der Waals surface area (Å²) in [6.07, 6.45) is 7.04. The van der Waals surface area contributed by atoms with Gasteiger partial charge in [0.2, 0.25) is 0 Å². The molecule has 0 aliphatic carbocycles. The van der Waals surface area contributed by atoms with Crippen LogP contribution in [0.25, 0.3) is 6.08 Å². The van der Waals surface area contributed by atoms with Crippen LogP contribution in [-0.2, 0) is 4.79 Å². The lowest BCUT2D eigenvalue weighted by molar-refractivity contribution is -0.131. The molecule has 1 aromatic heterocycles. The first-order valence-electron chi connectivity index (χ1n) is 6.85. The van der Waals surface area contributed by atoms with Gasteiger partial charge in [0.25, 0.3) is 5.91 Å². The number of aromatic nitrogens is 1. The number of amides is 1. The van der Waals surface area contributed by atoms with Crippen molar-refractivity contribution in [2.24, 2.45) is 0 Å². The number of aliphatic hydroxyl groups is 1. The molecule has 6 nitrogen and oxygen atoms in total. The summed E-state index contributed by atoms with van der Waals surface area (Å²) in [5.74, 6) is -1.32. The number of aliphatic carboxylic acids is 1. The molecule has 0 aliphatic rings. The van der Waals surface area contributed by atoms with Gasteiger partial charge < -0.3 is 15.1 Å². The van der Waals surface area contributed by atoms with E-state index in [4.69, 9.17) is 10.2 Å². The first-order chi connectivity index (χ1) is 10.1. The molecule has 21 heavy (non-hydrogen) atoms. The van der Waals surface area contributed by atoms with Crippen LogP contribution < -0.4 is 0 Å². The average Bonchev–Trinajstić information content (AvgIpc) is 2.49. The molecule has 0 saturated carbocycles. The lowest BCUT2D eigenvalue weighted by atomic mass is 10.1. The molecule has 1 aromatic rings. The SMILES string of the molecule is CCCCN(CCO)C(=O)c1ccncc1C=CC(=O)O. The van der Waals surface area contributed by atoms with Gasteiger partial charge in [0.1, 0.15) is 0 Å². The summed E-state index contributed by atoms with van der Waals surface area (Å²) in [5, 5.41) is 17.8.